The molecule has 1 unspecified atom stereocenters. The second-order valence-electron chi connectivity index (χ2n) is 4.95. The van der Waals surface area contributed by atoms with Gasteiger partial charge in [0.15, 0.2) is 0 Å². The molecule has 1 aromatic rings. The van der Waals surface area contributed by atoms with Gasteiger partial charge in [0, 0.05) is 27.3 Å². The highest BCUT2D eigenvalue weighted by atomic mass is 79.9. The summed E-state index contributed by atoms with van der Waals surface area (Å²) < 4.78 is 12.2. The van der Waals surface area contributed by atoms with Crippen molar-refractivity contribution >= 4 is 21.6 Å². The summed E-state index contributed by atoms with van der Waals surface area (Å²) in [6.45, 7) is 5.71. The monoisotopic (exact) mass is 347 g/mol. The summed E-state index contributed by atoms with van der Waals surface area (Å²) in [5, 5.41) is 7.31. The second kappa shape index (κ2) is 8.39. The fraction of sp³-hybridized carbons (Fsp3) is 0.692. The van der Waals surface area contributed by atoms with Gasteiger partial charge in [-0.2, -0.15) is 5.10 Å². The van der Waals surface area contributed by atoms with E-state index in [0.29, 0.717) is 35.8 Å². The van der Waals surface area contributed by atoms with Gasteiger partial charge < -0.3 is 14.8 Å². The van der Waals surface area contributed by atoms with Crippen molar-refractivity contribution in [2.75, 3.05) is 32.7 Å². The predicted octanol–water partition coefficient (Wildman–Crippen LogP) is 1.74. The molecule has 0 bridgehead atoms. The number of anilines is 1. The predicted molar refractivity (Wildman–Crippen MR) is 82.2 cm³/mol. The Morgan fingerprint density at radius 1 is 1.45 bits per heavy atom. The van der Waals surface area contributed by atoms with Gasteiger partial charge in [-0.3, -0.25) is 4.79 Å². The van der Waals surface area contributed by atoms with Crippen molar-refractivity contribution in [1.82, 2.24) is 9.78 Å². The lowest BCUT2D eigenvalue weighted by Gasteiger charge is -2.17. The third kappa shape index (κ3) is 4.88. The van der Waals surface area contributed by atoms with E-state index in [1.165, 1.54) is 4.68 Å². The quantitative estimate of drug-likeness (QED) is 0.775. The molecular weight excluding hydrogens is 326 g/mol. The van der Waals surface area contributed by atoms with Crippen LogP contribution in [0.25, 0.3) is 0 Å². The number of nitrogens with zero attached hydrogens (tertiary/aromatic N) is 2. The number of rotatable bonds is 8. The molecule has 0 aromatic carbocycles. The molecule has 1 atom stereocenters. The van der Waals surface area contributed by atoms with Crippen LogP contribution in [0, 0.1) is 5.92 Å². The van der Waals surface area contributed by atoms with Gasteiger partial charge in [-0.15, -0.1) is 0 Å². The molecule has 1 N–H and O–H groups in total. The summed E-state index contributed by atoms with van der Waals surface area (Å²) >= 11 is 3.32. The maximum Gasteiger partial charge on any atom is 0.283 e. The molecule has 0 amide bonds. The fourth-order valence-electron chi connectivity index (χ4n) is 1.68. The lowest BCUT2D eigenvalue weighted by Crippen LogP contribution is -2.29. The molecule has 0 fully saturated rings. The zero-order valence-corrected chi connectivity index (χ0v) is 13.9. The first-order chi connectivity index (χ1) is 9.49. The summed E-state index contributed by atoms with van der Waals surface area (Å²) in [6, 6.07) is 0. The van der Waals surface area contributed by atoms with Crippen LogP contribution in [0.1, 0.15) is 13.8 Å². The van der Waals surface area contributed by atoms with Crippen molar-refractivity contribution < 1.29 is 9.47 Å². The standard InChI is InChI=1S/C13H22BrN3O3/c1-9(2)7-17-13(18)12(14)11(6-16-17)15-5-10(20-4)8-19-3/h6,9-10,15H,5,7-8H2,1-4H3. The minimum absolute atomic E-state index is 0.0787. The van der Waals surface area contributed by atoms with Gasteiger partial charge >= 0.3 is 0 Å². The van der Waals surface area contributed by atoms with Crippen LogP contribution in [0.4, 0.5) is 5.69 Å². The normalized spacial score (nSPS) is 12.7. The molecule has 7 heteroatoms. The van der Waals surface area contributed by atoms with Gasteiger partial charge in [0.2, 0.25) is 0 Å². The molecule has 114 valence electrons. The number of aromatic nitrogens is 2. The van der Waals surface area contributed by atoms with Gasteiger partial charge in [0.05, 0.1) is 24.6 Å². The van der Waals surface area contributed by atoms with E-state index in [2.05, 4.69) is 26.3 Å². The smallest absolute Gasteiger partial charge is 0.283 e. The van der Waals surface area contributed by atoms with E-state index in [9.17, 15) is 4.79 Å². The molecule has 1 heterocycles. The van der Waals surface area contributed by atoms with Gasteiger partial charge in [0.1, 0.15) is 4.47 Å². The lowest BCUT2D eigenvalue weighted by atomic mass is 10.2. The van der Waals surface area contributed by atoms with Crippen molar-refractivity contribution in [1.29, 1.82) is 0 Å². The van der Waals surface area contributed by atoms with Gasteiger partial charge in [-0.25, -0.2) is 4.68 Å². The Hall–Kier alpha value is -0.920. The second-order valence-corrected chi connectivity index (χ2v) is 5.74. The van der Waals surface area contributed by atoms with Gasteiger partial charge in [-0.1, -0.05) is 13.8 Å². The Morgan fingerprint density at radius 2 is 2.15 bits per heavy atom. The van der Waals surface area contributed by atoms with E-state index in [-0.39, 0.29) is 11.7 Å². The van der Waals surface area contributed by atoms with Gasteiger partial charge in [-0.05, 0) is 21.8 Å². The van der Waals surface area contributed by atoms with Crippen LogP contribution < -0.4 is 10.9 Å². The van der Waals surface area contributed by atoms with Crippen LogP contribution >= 0.6 is 15.9 Å². The summed E-state index contributed by atoms with van der Waals surface area (Å²) in [5.41, 5.74) is 0.526. The first kappa shape index (κ1) is 17.1. The van der Waals surface area contributed by atoms with Crippen molar-refractivity contribution in [3.8, 4) is 0 Å². The van der Waals surface area contributed by atoms with Crippen molar-refractivity contribution in [2.24, 2.45) is 5.92 Å². The van der Waals surface area contributed by atoms with Crippen molar-refractivity contribution in [3.63, 3.8) is 0 Å². The summed E-state index contributed by atoms with van der Waals surface area (Å²) in [4.78, 5) is 12.1. The van der Waals surface area contributed by atoms with Gasteiger partial charge in [0.25, 0.3) is 5.56 Å². The molecule has 6 nitrogen and oxygen atoms in total. The minimum Gasteiger partial charge on any atom is -0.382 e. The third-order valence-corrected chi connectivity index (χ3v) is 3.50. The molecule has 0 radical (unpaired) electrons. The Labute approximate surface area is 127 Å². The summed E-state index contributed by atoms with van der Waals surface area (Å²) in [7, 11) is 3.25. The highest BCUT2D eigenvalue weighted by molar-refractivity contribution is 9.10. The Kier molecular flexibility index (Phi) is 7.18. The molecular formula is C13H22BrN3O3. The molecule has 0 saturated carbocycles. The summed E-state index contributed by atoms with van der Waals surface area (Å²) in [5.74, 6) is 0.366. The van der Waals surface area contributed by atoms with Crippen LogP contribution in [0.5, 0.6) is 0 Å². The number of halogens is 1. The van der Waals surface area contributed by atoms with E-state index in [4.69, 9.17) is 9.47 Å². The number of hydrogen-bond acceptors (Lipinski definition) is 5. The Morgan fingerprint density at radius 3 is 2.70 bits per heavy atom. The van der Waals surface area contributed by atoms with Crippen LogP contribution in [-0.2, 0) is 16.0 Å². The number of hydrogen-bond donors (Lipinski definition) is 1. The topological polar surface area (TPSA) is 65.4 Å². The molecule has 0 aliphatic heterocycles. The summed E-state index contributed by atoms with van der Waals surface area (Å²) in [6.07, 6.45) is 1.57. The SMILES string of the molecule is COCC(CNc1cnn(CC(C)C)c(=O)c1Br)OC. The molecule has 1 rings (SSSR count). The molecule has 1 aromatic heterocycles. The molecule has 0 aliphatic carbocycles. The van der Waals surface area contributed by atoms with E-state index in [1.807, 2.05) is 13.8 Å². The molecule has 20 heavy (non-hydrogen) atoms. The fourth-order valence-corrected chi connectivity index (χ4v) is 2.13. The largest absolute Gasteiger partial charge is 0.382 e. The van der Waals surface area contributed by atoms with E-state index >= 15 is 0 Å². The van der Waals surface area contributed by atoms with Crippen molar-refractivity contribution in [3.05, 3.63) is 21.0 Å². The van der Waals surface area contributed by atoms with Crippen LogP contribution in [0.3, 0.4) is 0 Å². The highest BCUT2D eigenvalue weighted by Crippen LogP contribution is 2.16. The van der Waals surface area contributed by atoms with E-state index < -0.39 is 0 Å². The Bertz CT molecular complexity index is 476. The van der Waals surface area contributed by atoms with Crippen LogP contribution in [0.15, 0.2) is 15.5 Å². The lowest BCUT2D eigenvalue weighted by molar-refractivity contribution is 0.0365. The maximum atomic E-state index is 12.1. The number of nitrogens with one attached hydrogen (secondary N) is 1. The first-order valence-electron chi connectivity index (χ1n) is 6.50. The third-order valence-electron chi connectivity index (χ3n) is 2.73. The average Bonchev–Trinajstić information content (AvgIpc) is 2.41. The molecule has 0 aliphatic rings. The van der Waals surface area contributed by atoms with Crippen molar-refractivity contribution in [2.45, 2.75) is 26.5 Å². The van der Waals surface area contributed by atoms with E-state index in [1.54, 1.807) is 20.4 Å². The minimum atomic E-state index is -0.135. The number of ether oxygens (including phenoxy) is 2. The highest BCUT2D eigenvalue weighted by Gasteiger charge is 2.12. The maximum absolute atomic E-state index is 12.1. The zero-order chi connectivity index (χ0) is 15.1. The average molecular weight is 348 g/mol. The van der Waals surface area contributed by atoms with Crippen LogP contribution in [-0.4, -0.2) is 43.3 Å². The molecule has 0 spiro atoms. The zero-order valence-electron chi connectivity index (χ0n) is 12.4. The van der Waals surface area contributed by atoms with E-state index in [0.717, 1.165) is 0 Å². The number of methoxy groups -OCH3 is 2. The Balaban J connectivity index is 2.77. The van der Waals surface area contributed by atoms with Crippen LogP contribution in [0.2, 0.25) is 0 Å². The molecule has 0 saturated heterocycles. The first-order valence-corrected chi connectivity index (χ1v) is 7.30.